The van der Waals surface area contributed by atoms with Crippen molar-refractivity contribution in [3.05, 3.63) is 29.8 Å². The molecule has 0 aromatic carbocycles. The second kappa shape index (κ2) is 6.31. The second-order valence-corrected chi connectivity index (χ2v) is 5.97. The van der Waals surface area contributed by atoms with E-state index in [2.05, 4.69) is 20.1 Å². The number of piperidine rings is 1. The van der Waals surface area contributed by atoms with Gasteiger partial charge in [-0.2, -0.15) is 4.98 Å². The maximum atomic E-state index is 11.3. The van der Waals surface area contributed by atoms with E-state index in [1.54, 1.807) is 0 Å². The number of aromatic nitrogens is 4. The number of anilines is 1. The highest BCUT2D eigenvalue weighted by Crippen LogP contribution is 2.30. The van der Waals surface area contributed by atoms with Gasteiger partial charge in [0.25, 0.3) is 0 Å². The highest BCUT2D eigenvalue weighted by molar-refractivity contribution is 5.92. The third kappa shape index (κ3) is 3.15. The first-order chi connectivity index (χ1) is 11.1. The summed E-state index contributed by atoms with van der Waals surface area (Å²) in [5.41, 5.74) is 0.132. The van der Waals surface area contributed by atoms with Crippen molar-refractivity contribution in [2.75, 3.05) is 18.0 Å². The molecule has 0 atom stereocenters. The van der Waals surface area contributed by atoms with E-state index >= 15 is 0 Å². The van der Waals surface area contributed by atoms with Gasteiger partial charge >= 0.3 is 5.97 Å². The van der Waals surface area contributed by atoms with E-state index in [4.69, 9.17) is 4.52 Å². The van der Waals surface area contributed by atoms with Crippen molar-refractivity contribution in [2.24, 2.45) is 0 Å². The van der Waals surface area contributed by atoms with Gasteiger partial charge in [0, 0.05) is 31.1 Å². The molecule has 23 heavy (non-hydrogen) atoms. The third-order valence-corrected chi connectivity index (χ3v) is 4.03. The summed E-state index contributed by atoms with van der Waals surface area (Å²) < 4.78 is 5.27. The molecule has 0 radical (unpaired) electrons. The van der Waals surface area contributed by atoms with Gasteiger partial charge in [-0.1, -0.05) is 19.0 Å². The first-order valence-corrected chi connectivity index (χ1v) is 7.68. The van der Waals surface area contributed by atoms with Crippen molar-refractivity contribution in [2.45, 2.75) is 38.5 Å². The highest BCUT2D eigenvalue weighted by atomic mass is 16.5. The number of hydrogen-bond acceptors (Lipinski definition) is 7. The fraction of sp³-hybridized carbons (Fsp3) is 0.533. The molecule has 3 heterocycles. The topological polar surface area (TPSA) is 105 Å². The first kappa shape index (κ1) is 15.4. The smallest absolute Gasteiger partial charge is 0.341 e. The van der Waals surface area contributed by atoms with E-state index in [-0.39, 0.29) is 17.4 Å². The molecule has 0 saturated carbocycles. The normalized spacial score (nSPS) is 16.0. The van der Waals surface area contributed by atoms with Crippen LogP contribution < -0.4 is 4.90 Å². The number of rotatable bonds is 4. The lowest BCUT2D eigenvalue weighted by Crippen LogP contribution is -2.35. The third-order valence-electron chi connectivity index (χ3n) is 4.03. The van der Waals surface area contributed by atoms with Crippen LogP contribution in [0, 0.1) is 0 Å². The molecule has 2 aromatic rings. The van der Waals surface area contributed by atoms with Gasteiger partial charge in [0.05, 0.1) is 0 Å². The molecule has 3 rings (SSSR count). The summed E-state index contributed by atoms with van der Waals surface area (Å²) in [6, 6.07) is 0. The van der Waals surface area contributed by atoms with Crippen LogP contribution in [0.5, 0.6) is 0 Å². The van der Waals surface area contributed by atoms with Gasteiger partial charge in [-0.3, -0.25) is 0 Å². The van der Waals surface area contributed by atoms with E-state index < -0.39 is 5.97 Å². The van der Waals surface area contributed by atoms with Crippen molar-refractivity contribution in [3.63, 3.8) is 0 Å². The fourth-order valence-corrected chi connectivity index (χ4v) is 2.72. The Morgan fingerprint density at radius 1 is 1.39 bits per heavy atom. The van der Waals surface area contributed by atoms with Gasteiger partial charge in [-0.15, -0.1) is 0 Å². The number of nitrogens with zero attached hydrogens (tertiary/aromatic N) is 5. The zero-order valence-corrected chi connectivity index (χ0v) is 13.1. The summed E-state index contributed by atoms with van der Waals surface area (Å²) in [6.45, 7) is 5.44. The predicted octanol–water partition coefficient (Wildman–Crippen LogP) is 2.07. The zero-order chi connectivity index (χ0) is 16.4. The molecule has 0 amide bonds. The van der Waals surface area contributed by atoms with E-state index in [0.29, 0.717) is 24.8 Å². The maximum absolute atomic E-state index is 11.3. The van der Waals surface area contributed by atoms with E-state index in [1.807, 2.05) is 18.7 Å². The molecule has 2 aromatic heterocycles. The zero-order valence-electron chi connectivity index (χ0n) is 13.1. The van der Waals surface area contributed by atoms with Crippen LogP contribution in [0.3, 0.4) is 0 Å². The van der Waals surface area contributed by atoms with Crippen LogP contribution in [0.4, 0.5) is 5.82 Å². The van der Waals surface area contributed by atoms with Crippen LogP contribution in [0.25, 0.3) is 0 Å². The molecule has 122 valence electrons. The van der Waals surface area contributed by atoms with E-state index in [1.165, 1.54) is 12.5 Å². The largest absolute Gasteiger partial charge is 0.477 e. The molecule has 1 saturated heterocycles. The Morgan fingerprint density at radius 3 is 2.74 bits per heavy atom. The lowest BCUT2D eigenvalue weighted by Gasteiger charge is -2.31. The summed E-state index contributed by atoms with van der Waals surface area (Å²) in [7, 11) is 0. The summed E-state index contributed by atoms with van der Waals surface area (Å²) in [5, 5.41) is 13.3. The monoisotopic (exact) mass is 317 g/mol. The van der Waals surface area contributed by atoms with Crippen molar-refractivity contribution in [3.8, 4) is 0 Å². The van der Waals surface area contributed by atoms with Crippen molar-refractivity contribution < 1.29 is 14.4 Å². The molecular formula is C15H19N5O3. The summed E-state index contributed by atoms with van der Waals surface area (Å²) in [6.07, 6.45) is 4.38. The average Bonchev–Trinajstić information content (AvgIpc) is 3.05. The standard InChI is InChI=1S/C15H19N5O3/c1-9(2)14-18-12(19-23-14)10-3-5-20(6-4-10)13-11(15(21)22)7-16-8-17-13/h7-10H,3-6H2,1-2H3,(H,21,22). The highest BCUT2D eigenvalue weighted by Gasteiger charge is 2.27. The second-order valence-electron chi connectivity index (χ2n) is 5.97. The summed E-state index contributed by atoms with van der Waals surface area (Å²) >= 11 is 0. The van der Waals surface area contributed by atoms with Gasteiger partial charge in [0.15, 0.2) is 5.82 Å². The van der Waals surface area contributed by atoms with Crippen molar-refractivity contribution in [1.29, 1.82) is 0 Å². The molecule has 0 aliphatic carbocycles. The molecule has 8 nitrogen and oxygen atoms in total. The van der Waals surface area contributed by atoms with E-state index in [0.717, 1.165) is 18.7 Å². The molecule has 1 aliphatic rings. The fourth-order valence-electron chi connectivity index (χ4n) is 2.72. The Labute approximate surface area is 133 Å². The Kier molecular flexibility index (Phi) is 4.22. The molecule has 0 spiro atoms. The number of hydrogen-bond donors (Lipinski definition) is 1. The molecule has 0 bridgehead atoms. The van der Waals surface area contributed by atoms with Crippen LogP contribution in [0.15, 0.2) is 17.0 Å². The van der Waals surface area contributed by atoms with Crippen molar-refractivity contribution >= 4 is 11.8 Å². The molecule has 1 fully saturated rings. The van der Waals surface area contributed by atoms with Crippen LogP contribution in [0.1, 0.15) is 60.6 Å². The summed E-state index contributed by atoms with van der Waals surface area (Å²) in [5.74, 6) is 1.32. The van der Waals surface area contributed by atoms with Crippen LogP contribution in [0.2, 0.25) is 0 Å². The van der Waals surface area contributed by atoms with Gasteiger partial charge in [-0.05, 0) is 12.8 Å². The summed E-state index contributed by atoms with van der Waals surface area (Å²) in [4.78, 5) is 25.6. The first-order valence-electron chi connectivity index (χ1n) is 7.68. The minimum Gasteiger partial charge on any atom is -0.477 e. The molecular weight excluding hydrogens is 298 g/mol. The Morgan fingerprint density at radius 2 is 2.13 bits per heavy atom. The van der Waals surface area contributed by atoms with Crippen LogP contribution in [-0.4, -0.2) is 44.3 Å². The SMILES string of the molecule is CC(C)c1nc(C2CCN(c3ncncc3C(=O)O)CC2)no1. The van der Waals surface area contributed by atoms with Gasteiger partial charge in [0.2, 0.25) is 5.89 Å². The Bertz CT molecular complexity index is 692. The molecule has 8 heteroatoms. The van der Waals surface area contributed by atoms with Crippen LogP contribution >= 0.6 is 0 Å². The quantitative estimate of drug-likeness (QED) is 0.913. The predicted molar refractivity (Wildman–Crippen MR) is 81.6 cm³/mol. The number of aromatic carboxylic acids is 1. The molecule has 1 aliphatic heterocycles. The molecule has 1 N–H and O–H groups in total. The average molecular weight is 317 g/mol. The number of carbonyl (C=O) groups is 1. The lowest BCUT2D eigenvalue weighted by atomic mass is 9.96. The Hall–Kier alpha value is -2.51. The maximum Gasteiger partial charge on any atom is 0.341 e. The van der Waals surface area contributed by atoms with Gasteiger partial charge in [-0.25, -0.2) is 14.8 Å². The van der Waals surface area contributed by atoms with E-state index in [9.17, 15) is 9.90 Å². The Balaban J connectivity index is 1.70. The molecule has 0 unspecified atom stereocenters. The van der Waals surface area contributed by atoms with Gasteiger partial charge < -0.3 is 14.5 Å². The van der Waals surface area contributed by atoms with Gasteiger partial charge in [0.1, 0.15) is 17.7 Å². The number of carboxylic acid groups (broad SMARTS) is 1. The van der Waals surface area contributed by atoms with Crippen LogP contribution in [-0.2, 0) is 0 Å². The lowest BCUT2D eigenvalue weighted by molar-refractivity contribution is 0.0696. The minimum atomic E-state index is -1.01. The minimum absolute atomic E-state index is 0.132. The number of carboxylic acids is 1. The van der Waals surface area contributed by atoms with Crippen molar-refractivity contribution in [1.82, 2.24) is 20.1 Å².